The minimum absolute atomic E-state index is 0.272. The van der Waals surface area contributed by atoms with Gasteiger partial charge in [0.15, 0.2) is 0 Å². The van der Waals surface area contributed by atoms with Crippen molar-refractivity contribution in [2.45, 2.75) is 18.9 Å². The molecule has 0 saturated carbocycles. The number of aliphatic hydroxyl groups excluding tert-OH is 1. The summed E-state index contributed by atoms with van der Waals surface area (Å²) in [4.78, 5) is 0. The predicted molar refractivity (Wildman–Crippen MR) is 45.1 cm³/mol. The lowest BCUT2D eigenvalue weighted by Crippen LogP contribution is -2.22. The first-order chi connectivity index (χ1) is 5.38. The summed E-state index contributed by atoms with van der Waals surface area (Å²) in [5.74, 6) is 0.272. The van der Waals surface area contributed by atoms with Crippen LogP contribution in [0.1, 0.15) is 12.8 Å². The predicted octanol–water partition coefficient (Wildman–Crippen LogP) is 1.81. The van der Waals surface area contributed by atoms with Crippen molar-refractivity contribution >= 4 is 0 Å². The topological polar surface area (TPSA) is 20.2 Å². The van der Waals surface area contributed by atoms with Crippen LogP contribution >= 0.6 is 0 Å². The highest BCUT2D eigenvalue weighted by molar-refractivity contribution is 5.30. The quantitative estimate of drug-likeness (QED) is 0.519. The Morgan fingerprint density at radius 3 is 3.09 bits per heavy atom. The van der Waals surface area contributed by atoms with Crippen LogP contribution in [0.15, 0.2) is 36.0 Å². The highest BCUT2D eigenvalue weighted by Crippen LogP contribution is 2.29. The highest BCUT2D eigenvalue weighted by atomic mass is 16.3. The van der Waals surface area contributed by atoms with Crippen molar-refractivity contribution in [1.29, 1.82) is 0 Å². The fourth-order valence-electron chi connectivity index (χ4n) is 1.72. The Bertz CT molecular complexity index is 235. The summed E-state index contributed by atoms with van der Waals surface area (Å²) in [6, 6.07) is 0. The minimum atomic E-state index is -0.286. The smallest absolute Gasteiger partial charge is 0.0823 e. The van der Waals surface area contributed by atoms with Crippen LogP contribution in [0.25, 0.3) is 0 Å². The molecule has 2 rings (SSSR count). The van der Waals surface area contributed by atoms with E-state index in [9.17, 15) is 5.11 Å². The average molecular weight is 148 g/mol. The van der Waals surface area contributed by atoms with Crippen molar-refractivity contribution in [2.24, 2.45) is 5.92 Å². The van der Waals surface area contributed by atoms with E-state index in [0.717, 1.165) is 12.8 Å². The van der Waals surface area contributed by atoms with Crippen molar-refractivity contribution in [3.8, 4) is 0 Å². The number of fused-ring (bicyclic) bond motifs is 1. The fourth-order valence-corrected chi connectivity index (χ4v) is 1.72. The number of hydrogen-bond donors (Lipinski definition) is 1. The fraction of sp³-hybridized carbons (Fsp3) is 0.400. The first-order valence-corrected chi connectivity index (χ1v) is 4.10. The second kappa shape index (κ2) is 2.67. The van der Waals surface area contributed by atoms with E-state index in [1.165, 1.54) is 5.57 Å². The molecule has 2 aliphatic carbocycles. The van der Waals surface area contributed by atoms with E-state index in [-0.39, 0.29) is 12.0 Å². The largest absolute Gasteiger partial charge is 0.388 e. The van der Waals surface area contributed by atoms with Crippen LogP contribution in [0.5, 0.6) is 0 Å². The molecule has 2 atom stereocenters. The SMILES string of the molecule is OC1C=CC=C2CCC=CC21. The number of rotatable bonds is 0. The zero-order valence-electron chi connectivity index (χ0n) is 6.40. The highest BCUT2D eigenvalue weighted by Gasteiger charge is 2.21. The van der Waals surface area contributed by atoms with E-state index in [1.807, 2.05) is 12.2 Å². The summed E-state index contributed by atoms with van der Waals surface area (Å²) < 4.78 is 0. The molecule has 1 N–H and O–H groups in total. The summed E-state index contributed by atoms with van der Waals surface area (Å²) >= 11 is 0. The Hall–Kier alpha value is -0.820. The first-order valence-electron chi connectivity index (χ1n) is 4.10. The van der Waals surface area contributed by atoms with Crippen molar-refractivity contribution in [3.63, 3.8) is 0 Å². The van der Waals surface area contributed by atoms with E-state index < -0.39 is 0 Å². The minimum Gasteiger partial charge on any atom is -0.388 e. The van der Waals surface area contributed by atoms with Crippen LogP contribution in [0.3, 0.4) is 0 Å². The van der Waals surface area contributed by atoms with Gasteiger partial charge in [0, 0.05) is 5.92 Å². The van der Waals surface area contributed by atoms with Gasteiger partial charge in [-0.25, -0.2) is 0 Å². The molecule has 11 heavy (non-hydrogen) atoms. The molecular formula is C10H12O. The Morgan fingerprint density at radius 2 is 2.27 bits per heavy atom. The third-order valence-electron chi connectivity index (χ3n) is 2.36. The van der Waals surface area contributed by atoms with Gasteiger partial charge in [0.2, 0.25) is 0 Å². The zero-order chi connectivity index (χ0) is 7.68. The average Bonchev–Trinajstić information content (AvgIpc) is 2.06. The van der Waals surface area contributed by atoms with Gasteiger partial charge in [-0.05, 0) is 12.8 Å². The molecule has 2 aliphatic rings. The van der Waals surface area contributed by atoms with Crippen LogP contribution in [0.4, 0.5) is 0 Å². The van der Waals surface area contributed by atoms with E-state index in [2.05, 4.69) is 18.2 Å². The van der Waals surface area contributed by atoms with Crippen LogP contribution in [-0.2, 0) is 0 Å². The second-order valence-electron chi connectivity index (χ2n) is 3.11. The van der Waals surface area contributed by atoms with Gasteiger partial charge in [-0.1, -0.05) is 36.0 Å². The van der Waals surface area contributed by atoms with E-state index in [0.29, 0.717) is 0 Å². The summed E-state index contributed by atoms with van der Waals surface area (Å²) in [6.45, 7) is 0. The zero-order valence-corrected chi connectivity index (χ0v) is 6.40. The van der Waals surface area contributed by atoms with Crippen molar-refractivity contribution < 1.29 is 5.11 Å². The van der Waals surface area contributed by atoms with Crippen molar-refractivity contribution in [2.75, 3.05) is 0 Å². The van der Waals surface area contributed by atoms with Crippen molar-refractivity contribution in [3.05, 3.63) is 36.0 Å². The second-order valence-corrected chi connectivity index (χ2v) is 3.11. The standard InChI is InChI=1S/C10H12O/c11-10-7-3-5-8-4-1-2-6-9(8)10/h2-3,5-7,9-11H,1,4H2. The lowest BCUT2D eigenvalue weighted by molar-refractivity contribution is 0.187. The molecule has 0 aliphatic heterocycles. The molecule has 0 aromatic rings. The Morgan fingerprint density at radius 1 is 1.36 bits per heavy atom. The molecule has 1 nitrogen and oxygen atoms in total. The molecule has 2 unspecified atom stereocenters. The molecule has 0 aromatic carbocycles. The summed E-state index contributed by atoms with van der Waals surface area (Å²) in [5, 5.41) is 9.53. The summed E-state index contributed by atoms with van der Waals surface area (Å²) in [6.07, 6.45) is 12.2. The van der Waals surface area contributed by atoms with Gasteiger partial charge in [0.25, 0.3) is 0 Å². The van der Waals surface area contributed by atoms with E-state index >= 15 is 0 Å². The maximum Gasteiger partial charge on any atom is 0.0823 e. The molecule has 0 aromatic heterocycles. The maximum atomic E-state index is 9.53. The van der Waals surface area contributed by atoms with Gasteiger partial charge in [-0.2, -0.15) is 0 Å². The Labute approximate surface area is 66.7 Å². The van der Waals surface area contributed by atoms with Crippen LogP contribution in [0, 0.1) is 5.92 Å². The molecule has 1 heteroatoms. The third-order valence-corrected chi connectivity index (χ3v) is 2.36. The summed E-state index contributed by atoms with van der Waals surface area (Å²) in [5.41, 5.74) is 1.38. The number of allylic oxidation sites excluding steroid dienone is 3. The van der Waals surface area contributed by atoms with Crippen LogP contribution in [0.2, 0.25) is 0 Å². The van der Waals surface area contributed by atoms with Crippen LogP contribution < -0.4 is 0 Å². The number of hydrogen-bond acceptors (Lipinski definition) is 1. The molecule has 58 valence electrons. The molecule has 0 saturated heterocycles. The van der Waals surface area contributed by atoms with Crippen molar-refractivity contribution in [1.82, 2.24) is 0 Å². The van der Waals surface area contributed by atoms with E-state index in [1.54, 1.807) is 0 Å². The molecule has 0 amide bonds. The maximum absolute atomic E-state index is 9.53. The van der Waals surface area contributed by atoms with Gasteiger partial charge < -0.3 is 5.11 Å². The molecule has 0 fully saturated rings. The molecule has 0 spiro atoms. The lowest BCUT2D eigenvalue weighted by atomic mass is 9.83. The van der Waals surface area contributed by atoms with Gasteiger partial charge in [0.05, 0.1) is 6.10 Å². The number of aliphatic hydroxyl groups is 1. The molecule has 0 bridgehead atoms. The first kappa shape index (κ1) is 6.86. The van der Waals surface area contributed by atoms with Gasteiger partial charge in [-0.3, -0.25) is 0 Å². The van der Waals surface area contributed by atoms with Crippen LogP contribution in [-0.4, -0.2) is 11.2 Å². The Balaban J connectivity index is 2.29. The molecular weight excluding hydrogens is 136 g/mol. The molecule has 0 radical (unpaired) electrons. The van der Waals surface area contributed by atoms with Gasteiger partial charge in [0.1, 0.15) is 0 Å². The normalized spacial score (nSPS) is 34.8. The lowest BCUT2D eigenvalue weighted by Gasteiger charge is -2.25. The van der Waals surface area contributed by atoms with Gasteiger partial charge >= 0.3 is 0 Å². The molecule has 0 heterocycles. The monoisotopic (exact) mass is 148 g/mol. The van der Waals surface area contributed by atoms with E-state index in [4.69, 9.17) is 0 Å². The summed E-state index contributed by atoms with van der Waals surface area (Å²) in [7, 11) is 0. The van der Waals surface area contributed by atoms with Gasteiger partial charge in [-0.15, -0.1) is 0 Å². The Kier molecular flexibility index (Phi) is 1.66. The third kappa shape index (κ3) is 1.16.